The van der Waals surface area contributed by atoms with E-state index >= 15 is 0 Å². The van der Waals surface area contributed by atoms with Crippen molar-refractivity contribution in [2.24, 2.45) is 40.9 Å². The lowest BCUT2D eigenvalue weighted by atomic mass is 9.48. The maximum absolute atomic E-state index is 10.1. The Hall–Kier alpha value is -0.0400. The van der Waals surface area contributed by atoms with Crippen LogP contribution in [0.25, 0.3) is 0 Å². The van der Waals surface area contributed by atoms with Crippen LogP contribution in [0.15, 0.2) is 0 Å². The standard InChI is InChI=1S/C20H36O/c1-13(2)19-18(17-7-5-6-14(17)3)9-8-15-12-16(21)10-11-20(15,19)4/h13-19,21H,5-12H2,1-4H3. The minimum atomic E-state index is -0.0159. The molecule has 3 rings (SSSR count). The number of fused-ring (bicyclic) bond motifs is 1. The Morgan fingerprint density at radius 1 is 1.00 bits per heavy atom. The van der Waals surface area contributed by atoms with Crippen LogP contribution in [0.4, 0.5) is 0 Å². The van der Waals surface area contributed by atoms with Crippen LogP contribution < -0.4 is 0 Å². The molecule has 0 saturated heterocycles. The Morgan fingerprint density at radius 3 is 2.38 bits per heavy atom. The Balaban J connectivity index is 1.86. The number of hydrogen-bond donors (Lipinski definition) is 1. The van der Waals surface area contributed by atoms with Crippen LogP contribution in [0.1, 0.15) is 79.1 Å². The normalized spacial score (nSPS) is 51.1. The molecule has 0 radical (unpaired) electrons. The van der Waals surface area contributed by atoms with E-state index in [2.05, 4.69) is 27.7 Å². The van der Waals surface area contributed by atoms with Crippen LogP contribution in [0, 0.1) is 40.9 Å². The molecule has 0 aromatic carbocycles. The Morgan fingerprint density at radius 2 is 1.76 bits per heavy atom. The molecule has 0 aliphatic heterocycles. The molecule has 0 heterocycles. The van der Waals surface area contributed by atoms with Crippen molar-refractivity contribution >= 4 is 0 Å². The maximum Gasteiger partial charge on any atom is 0.0543 e. The summed E-state index contributed by atoms with van der Waals surface area (Å²) in [5.41, 5.74) is 0.499. The van der Waals surface area contributed by atoms with Gasteiger partial charge in [-0.25, -0.2) is 0 Å². The van der Waals surface area contributed by atoms with Gasteiger partial charge in [-0.3, -0.25) is 0 Å². The van der Waals surface area contributed by atoms with Crippen molar-refractivity contribution in [3.63, 3.8) is 0 Å². The van der Waals surface area contributed by atoms with Gasteiger partial charge in [-0.2, -0.15) is 0 Å². The first-order valence-electron chi connectivity index (χ1n) is 9.61. The quantitative estimate of drug-likeness (QED) is 0.735. The predicted octanol–water partition coefficient (Wildman–Crippen LogP) is 5.27. The van der Waals surface area contributed by atoms with Gasteiger partial charge in [-0.1, -0.05) is 40.5 Å². The number of rotatable bonds is 2. The lowest BCUT2D eigenvalue weighted by Crippen LogP contribution is -2.51. The summed E-state index contributed by atoms with van der Waals surface area (Å²) >= 11 is 0. The van der Waals surface area contributed by atoms with Crippen LogP contribution in [0.3, 0.4) is 0 Å². The molecule has 3 saturated carbocycles. The van der Waals surface area contributed by atoms with Crippen molar-refractivity contribution in [2.45, 2.75) is 85.2 Å². The second kappa shape index (κ2) is 5.87. The van der Waals surface area contributed by atoms with Crippen molar-refractivity contribution in [2.75, 3.05) is 0 Å². The fourth-order valence-electron chi connectivity index (χ4n) is 6.89. The van der Waals surface area contributed by atoms with Crippen molar-refractivity contribution in [3.8, 4) is 0 Å². The summed E-state index contributed by atoms with van der Waals surface area (Å²) in [6, 6.07) is 0. The SMILES string of the molecule is CC(C)C1C(C2CCCC2C)CCC2CC(O)CCC21C. The van der Waals surface area contributed by atoms with Crippen molar-refractivity contribution in [3.05, 3.63) is 0 Å². The zero-order chi connectivity index (χ0) is 15.2. The highest BCUT2D eigenvalue weighted by Gasteiger charge is 2.53. The maximum atomic E-state index is 10.1. The predicted molar refractivity (Wildman–Crippen MR) is 89.0 cm³/mol. The average Bonchev–Trinajstić information content (AvgIpc) is 2.84. The summed E-state index contributed by atoms with van der Waals surface area (Å²) in [5, 5.41) is 10.1. The molecule has 3 aliphatic carbocycles. The van der Waals surface area contributed by atoms with Gasteiger partial charge in [0.15, 0.2) is 0 Å². The molecule has 0 aromatic rings. The van der Waals surface area contributed by atoms with Crippen molar-refractivity contribution in [1.29, 1.82) is 0 Å². The molecular weight excluding hydrogens is 256 g/mol. The highest BCUT2D eigenvalue weighted by molar-refractivity contribution is 5.02. The first-order valence-corrected chi connectivity index (χ1v) is 9.61. The molecule has 0 amide bonds. The fourth-order valence-corrected chi connectivity index (χ4v) is 6.89. The first-order chi connectivity index (χ1) is 9.93. The molecule has 122 valence electrons. The van der Waals surface area contributed by atoms with Gasteiger partial charge in [0.2, 0.25) is 0 Å². The van der Waals surface area contributed by atoms with Crippen LogP contribution in [0.2, 0.25) is 0 Å². The van der Waals surface area contributed by atoms with Gasteiger partial charge < -0.3 is 5.11 Å². The first kappa shape index (κ1) is 15.8. The van der Waals surface area contributed by atoms with Gasteiger partial charge in [-0.05, 0) is 79.4 Å². The van der Waals surface area contributed by atoms with Gasteiger partial charge >= 0.3 is 0 Å². The molecule has 0 spiro atoms. The molecule has 1 N–H and O–H groups in total. The second-order valence-electron chi connectivity index (χ2n) is 9.21. The monoisotopic (exact) mass is 292 g/mol. The van der Waals surface area contributed by atoms with Gasteiger partial charge in [0, 0.05) is 0 Å². The largest absolute Gasteiger partial charge is 0.393 e. The van der Waals surface area contributed by atoms with E-state index in [1.165, 1.54) is 38.5 Å². The van der Waals surface area contributed by atoms with Crippen LogP contribution in [0.5, 0.6) is 0 Å². The highest BCUT2D eigenvalue weighted by Crippen LogP contribution is 2.60. The van der Waals surface area contributed by atoms with E-state index in [0.29, 0.717) is 5.41 Å². The Kier molecular flexibility index (Phi) is 4.43. The minimum absolute atomic E-state index is 0.0159. The summed E-state index contributed by atoms with van der Waals surface area (Å²) in [4.78, 5) is 0. The van der Waals surface area contributed by atoms with Gasteiger partial charge in [-0.15, -0.1) is 0 Å². The van der Waals surface area contributed by atoms with Crippen LogP contribution in [-0.4, -0.2) is 11.2 Å². The van der Waals surface area contributed by atoms with Crippen LogP contribution in [-0.2, 0) is 0 Å². The zero-order valence-corrected chi connectivity index (χ0v) is 14.6. The summed E-state index contributed by atoms with van der Waals surface area (Å²) in [7, 11) is 0. The van der Waals surface area contributed by atoms with E-state index in [9.17, 15) is 5.11 Å². The van der Waals surface area contributed by atoms with E-state index in [4.69, 9.17) is 0 Å². The molecule has 3 fully saturated rings. The second-order valence-corrected chi connectivity index (χ2v) is 9.21. The molecular formula is C20H36O. The number of aliphatic hydroxyl groups excluding tert-OH is 1. The van der Waals surface area contributed by atoms with Gasteiger partial charge in [0.1, 0.15) is 0 Å². The summed E-state index contributed by atoms with van der Waals surface area (Å²) in [6.45, 7) is 10.0. The zero-order valence-electron chi connectivity index (χ0n) is 14.6. The lowest BCUT2D eigenvalue weighted by molar-refractivity contribution is -0.103. The molecule has 0 aromatic heterocycles. The highest BCUT2D eigenvalue weighted by atomic mass is 16.3. The average molecular weight is 293 g/mol. The molecule has 3 aliphatic rings. The van der Waals surface area contributed by atoms with Gasteiger partial charge in [0.25, 0.3) is 0 Å². The fraction of sp³-hybridized carbons (Fsp3) is 1.00. The third-order valence-electron chi connectivity index (χ3n) is 7.77. The Labute approximate surface area is 131 Å². The summed E-state index contributed by atoms with van der Waals surface area (Å²) in [5.74, 6) is 5.35. The smallest absolute Gasteiger partial charge is 0.0543 e. The Bertz CT molecular complexity index is 363. The van der Waals surface area contributed by atoms with Crippen LogP contribution >= 0.6 is 0 Å². The van der Waals surface area contributed by atoms with E-state index in [1.54, 1.807) is 0 Å². The van der Waals surface area contributed by atoms with E-state index in [1.807, 2.05) is 0 Å². The third-order valence-corrected chi connectivity index (χ3v) is 7.77. The molecule has 0 bridgehead atoms. The topological polar surface area (TPSA) is 20.2 Å². The van der Waals surface area contributed by atoms with Crippen molar-refractivity contribution in [1.82, 2.24) is 0 Å². The minimum Gasteiger partial charge on any atom is -0.393 e. The summed E-state index contributed by atoms with van der Waals surface area (Å²) < 4.78 is 0. The number of aliphatic hydroxyl groups is 1. The van der Waals surface area contributed by atoms with E-state index < -0.39 is 0 Å². The van der Waals surface area contributed by atoms with E-state index in [-0.39, 0.29) is 6.10 Å². The number of hydrogen-bond acceptors (Lipinski definition) is 1. The molecule has 7 atom stereocenters. The van der Waals surface area contributed by atoms with Gasteiger partial charge in [0.05, 0.1) is 6.10 Å². The summed E-state index contributed by atoms with van der Waals surface area (Å²) in [6.07, 6.45) is 10.6. The lowest BCUT2D eigenvalue weighted by Gasteiger charge is -2.58. The molecule has 21 heavy (non-hydrogen) atoms. The van der Waals surface area contributed by atoms with E-state index in [0.717, 1.165) is 48.3 Å². The molecule has 1 nitrogen and oxygen atoms in total. The molecule has 1 heteroatoms. The molecule has 7 unspecified atom stereocenters. The van der Waals surface area contributed by atoms with Crippen molar-refractivity contribution < 1.29 is 5.11 Å². The third kappa shape index (κ3) is 2.69.